The normalized spacial score (nSPS) is 10.7. The highest BCUT2D eigenvalue weighted by Gasteiger charge is 2.12. The van der Waals surface area contributed by atoms with Gasteiger partial charge in [-0.15, -0.1) is 0 Å². The zero-order valence-corrected chi connectivity index (χ0v) is 13.5. The van der Waals surface area contributed by atoms with Crippen molar-refractivity contribution in [2.75, 3.05) is 12.4 Å². The van der Waals surface area contributed by atoms with E-state index in [-0.39, 0.29) is 12.3 Å². The number of rotatable bonds is 4. The lowest BCUT2D eigenvalue weighted by molar-refractivity contribution is -0.115. The van der Waals surface area contributed by atoms with E-state index in [2.05, 4.69) is 5.32 Å². The topological polar surface area (TPSA) is 51.5 Å². The highest BCUT2D eigenvalue weighted by molar-refractivity contribution is 5.96. The number of ether oxygens (including phenoxy) is 1. The molecule has 1 heterocycles. The molecule has 118 valence electrons. The van der Waals surface area contributed by atoms with Crippen LogP contribution in [0.4, 0.5) is 5.69 Å². The molecule has 1 N–H and O–H groups in total. The van der Waals surface area contributed by atoms with Gasteiger partial charge in [0.25, 0.3) is 0 Å². The van der Waals surface area contributed by atoms with Crippen LogP contribution in [0.25, 0.3) is 11.0 Å². The molecular weight excluding hydrogens is 290 g/mol. The Hall–Kier alpha value is -2.75. The first-order chi connectivity index (χ1) is 11.1. The maximum atomic E-state index is 12.4. The van der Waals surface area contributed by atoms with Gasteiger partial charge in [-0.25, -0.2) is 0 Å². The van der Waals surface area contributed by atoms with Gasteiger partial charge in [0.2, 0.25) is 5.91 Å². The zero-order valence-electron chi connectivity index (χ0n) is 13.5. The quantitative estimate of drug-likeness (QED) is 0.784. The van der Waals surface area contributed by atoms with E-state index in [9.17, 15) is 4.79 Å². The molecule has 4 nitrogen and oxygen atoms in total. The van der Waals surface area contributed by atoms with Crippen LogP contribution in [0.5, 0.6) is 5.75 Å². The smallest absolute Gasteiger partial charge is 0.228 e. The number of fused-ring (bicyclic) bond motifs is 1. The minimum atomic E-state index is -0.0655. The van der Waals surface area contributed by atoms with Crippen LogP contribution in [0.2, 0.25) is 0 Å². The number of nitrogens with one attached hydrogen (secondary N) is 1. The minimum Gasteiger partial charge on any atom is -0.497 e. The number of carbonyl (C=O) groups excluding carboxylic acids is 1. The van der Waals surface area contributed by atoms with Crippen LogP contribution in [0.15, 0.2) is 47.1 Å². The molecule has 3 rings (SSSR count). The summed E-state index contributed by atoms with van der Waals surface area (Å²) in [5.41, 5.74) is 4.61. The zero-order chi connectivity index (χ0) is 16.4. The van der Waals surface area contributed by atoms with E-state index in [1.54, 1.807) is 13.4 Å². The summed E-state index contributed by atoms with van der Waals surface area (Å²) in [6.45, 7) is 3.98. The van der Waals surface area contributed by atoms with E-state index < -0.39 is 0 Å². The van der Waals surface area contributed by atoms with Gasteiger partial charge in [-0.2, -0.15) is 0 Å². The number of methoxy groups -OCH3 is 1. The molecule has 0 unspecified atom stereocenters. The number of amides is 1. The number of benzene rings is 2. The fourth-order valence-corrected chi connectivity index (χ4v) is 2.56. The van der Waals surface area contributed by atoms with Gasteiger partial charge in [-0.3, -0.25) is 4.79 Å². The number of carbonyl (C=O) groups is 1. The average molecular weight is 309 g/mol. The van der Waals surface area contributed by atoms with Crippen molar-refractivity contribution in [2.45, 2.75) is 20.3 Å². The third-order valence-corrected chi connectivity index (χ3v) is 3.88. The molecule has 0 spiro atoms. The summed E-state index contributed by atoms with van der Waals surface area (Å²) < 4.78 is 10.7. The van der Waals surface area contributed by atoms with E-state index >= 15 is 0 Å². The Bertz CT molecular complexity index is 864. The van der Waals surface area contributed by atoms with Gasteiger partial charge in [0.1, 0.15) is 11.3 Å². The second-order valence-corrected chi connectivity index (χ2v) is 5.67. The van der Waals surface area contributed by atoms with E-state index in [1.165, 1.54) is 0 Å². The molecule has 1 aromatic heterocycles. The molecule has 23 heavy (non-hydrogen) atoms. The van der Waals surface area contributed by atoms with Gasteiger partial charge in [0.05, 0.1) is 19.8 Å². The monoisotopic (exact) mass is 309 g/mol. The molecule has 4 heteroatoms. The molecule has 2 aromatic carbocycles. The van der Waals surface area contributed by atoms with Crippen molar-refractivity contribution >= 4 is 22.6 Å². The van der Waals surface area contributed by atoms with E-state index in [0.29, 0.717) is 0 Å². The van der Waals surface area contributed by atoms with Gasteiger partial charge < -0.3 is 14.5 Å². The standard InChI is InChI=1S/C19H19NO3/c1-12-4-5-13(2)17(8-12)20-19(21)9-14-11-23-18-7-6-15(22-3)10-16(14)18/h4-8,10-11H,9H2,1-3H3,(H,20,21). The van der Waals surface area contributed by atoms with E-state index in [1.807, 2.05) is 50.2 Å². The Morgan fingerprint density at radius 2 is 2.00 bits per heavy atom. The molecule has 0 aliphatic rings. The molecule has 0 saturated heterocycles. The Labute approximate surface area is 135 Å². The van der Waals surface area contributed by atoms with Crippen LogP contribution in [0, 0.1) is 13.8 Å². The summed E-state index contributed by atoms with van der Waals surface area (Å²) in [6, 6.07) is 11.6. The number of aryl methyl sites for hydroxylation is 2. The third-order valence-electron chi connectivity index (χ3n) is 3.88. The van der Waals surface area contributed by atoms with Crippen LogP contribution < -0.4 is 10.1 Å². The van der Waals surface area contributed by atoms with Crippen molar-refractivity contribution in [3.05, 3.63) is 59.4 Å². The Morgan fingerprint density at radius 1 is 1.17 bits per heavy atom. The molecule has 3 aromatic rings. The molecule has 0 bridgehead atoms. The van der Waals surface area contributed by atoms with Gasteiger partial charge in [0, 0.05) is 16.6 Å². The molecule has 0 aliphatic carbocycles. The Balaban J connectivity index is 1.81. The number of hydrogen-bond acceptors (Lipinski definition) is 3. The molecule has 1 amide bonds. The fraction of sp³-hybridized carbons (Fsp3) is 0.211. The van der Waals surface area contributed by atoms with Gasteiger partial charge >= 0.3 is 0 Å². The highest BCUT2D eigenvalue weighted by atomic mass is 16.5. The predicted molar refractivity (Wildman–Crippen MR) is 91.0 cm³/mol. The van der Waals surface area contributed by atoms with E-state index in [4.69, 9.17) is 9.15 Å². The fourth-order valence-electron chi connectivity index (χ4n) is 2.56. The first-order valence-corrected chi connectivity index (χ1v) is 7.48. The van der Waals surface area contributed by atoms with Crippen LogP contribution in [0.3, 0.4) is 0 Å². The lowest BCUT2D eigenvalue weighted by Gasteiger charge is -2.09. The van der Waals surface area contributed by atoms with Crippen LogP contribution in [-0.4, -0.2) is 13.0 Å². The van der Waals surface area contributed by atoms with Crippen LogP contribution in [0.1, 0.15) is 16.7 Å². The van der Waals surface area contributed by atoms with Gasteiger partial charge in [0.15, 0.2) is 0 Å². The molecule has 0 atom stereocenters. The predicted octanol–water partition coefficient (Wildman–Crippen LogP) is 4.24. The number of anilines is 1. The molecular formula is C19H19NO3. The first kappa shape index (κ1) is 15.2. The van der Waals surface area contributed by atoms with Crippen molar-refractivity contribution in [1.82, 2.24) is 0 Å². The van der Waals surface area contributed by atoms with Crippen molar-refractivity contribution in [3.63, 3.8) is 0 Å². The Morgan fingerprint density at radius 3 is 2.78 bits per heavy atom. The first-order valence-electron chi connectivity index (χ1n) is 7.48. The average Bonchev–Trinajstić information content (AvgIpc) is 2.93. The molecule has 0 radical (unpaired) electrons. The minimum absolute atomic E-state index is 0.0655. The second kappa shape index (κ2) is 6.16. The van der Waals surface area contributed by atoms with Crippen molar-refractivity contribution < 1.29 is 13.9 Å². The third kappa shape index (κ3) is 3.21. The molecule has 0 aliphatic heterocycles. The van der Waals surface area contributed by atoms with E-state index in [0.717, 1.165) is 39.1 Å². The summed E-state index contributed by atoms with van der Waals surface area (Å²) in [4.78, 5) is 12.4. The van der Waals surface area contributed by atoms with Gasteiger partial charge in [-0.05, 0) is 49.2 Å². The molecule has 0 fully saturated rings. The highest BCUT2D eigenvalue weighted by Crippen LogP contribution is 2.26. The number of hydrogen-bond donors (Lipinski definition) is 1. The maximum absolute atomic E-state index is 12.4. The lowest BCUT2D eigenvalue weighted by Crippen LogP contribution is -2.15. The lowest BCUT2D eigenvalue weighted by atomic mass is 10.1. The SMILES string of the molecule is COc1ccc2occ(CC(=O)Nc3cc(C)ccc3C)c2c1. The largest absolute Gasteiger partial charge is 0.497 e. The van der Waals surface area contributed by atoms with Crippen LogP contribution >= 0.6 is 0 Å². The second-order valence-electron chi connectivity index (χ2n) is 5.67. The summed E-state index contributed by atoms with van der Waals surface area (Å²) in [7, 11) is 1.62. The van der Waals surface area contributed by atoms with Crippen molar-refractivity contribution in [2.24, 2.45) is 0 Å². The Kier molecular flexibility index (Phi) is 4.06. The van der Waals surface area contributed by atoms with Gasteiger partial charge in [-0.1, -0.05) is 12.1 Å². The van der Waals surface area contributed by atoms with Crippen LogP contribution in [-0.2, 0) is 11.2 Å². The van der Waals surface area contributed by atoms with Crippen molar-refractivity contribution in [3.8, 4) is 5.75 Å². The maximum Gasteiger partial charge on any atom is 0.228 e. The summed E-state index contributed by atoms with van der Waals surface area (Å²) in [5.74, 6) is 0.680. The summed E-state index contributed by atoms with van der Waals surface area (Å²) in [5, 5.41) is 3.87. The number of furan rings is 1. The molecule has 0 saturated carbocycles. The summed E-state index contributed by atoms with van der Waals surface area (Å²) in [6.07, 6.45) is 1.89. The van der Waals surface area contributed by atoms with Crippen molar-refractivity contribution in [1.29, 1.82) is 0 Å². The summed E-state index contributed by atoms with van der Waals surface area (Å²) >= 11 is 0.